The van der Waals surface area contributed by atoms with Crippen LogP contribution in [0.5, 0.6) is 11.5 Å². The van der Waals surface area contributed by atoms with Crippen LogP contribution in [0.1, 0.15) is 79.7 Å². The Hall–Kier alpha value is -2.52. The summed E-state index contributed by atoms with van der Waals surface area (Å²) in [6, 6.07) is 4.45. The first-order valence-electron chi connectivity index (χ1n) is 13.8. The Labute approximate surface area is 234 Å². The standard InChI is InChI=1S/C30H51NO8/c1-18(2)20(5)16-22(31-29(35)39-30(6,7)8)27(32)26(25(19(3)4)28(33)34)21-12-13-23(37-10)24(17-21)38-15-11-14-36-9/h12-13,17-20,22,25-27,32H,11,14-16H2,1-10H3,(H,31,35)(H,33,34)/t20-,22-,25-,26?,27+/m0/s1. The number of carbonyl (C=O) groups excluding carboxylic acids is 1. The van der Waals surface area contributed by atoms with Crippen LogP contribution in [-0.2, 0) is 14.3 Å². The zero-order chi connectivity index (χ0) is 29.9. The largest absolute Gasteiger partial charge is 0.493 e. The predicted octanol–water partition coefficient (Wildman–Crippen LogP) is 5.49. The Morgan fingerprint density at radius 1 is 0.974 bits per heavy atom. The summed E-state index contributed by atoms with van der Waals surface area (Å²) in [6.07, 6.45) is -0.781. The van der Waals surface area contributed by atoms with Crippen LogP contribution in [0.2, 0.25) is 0 Å². The number of carbonyl (C=O) groups is 2. The maximum Gasteiger partial charge on any atom is 0.407 e. The Kier molecular flexibility index (Phi) is 14.1. The number of benzene rings is 1. The molecular formula is C30H51NO8. The van der Waals surface area contributed by atoms with Crippen LogP contribution in [0.4, 0.5) is 4.79 Å². The number of carboxylic acid groups (broad SMARTS) is 1. The zero-order valence-electron chi connectivity index (χ0n) is 25.4. The third kappa shape index (κ3) is 11.2. The van der Waals surface area contributed by atoms with Gasteiger partial charge in [-0.05, 0) is 62.6 Å². The number of carboxylic acids is 1. The van der Waals surface area contributed by atoms with Crippen molar-refractivity contribution in [3.05, 3.63) is 23.8 Å². The van der Waals surface area contributed by atoms with Gasteiger partial charge in [-0.15, -0.1) is 0 Å². The second-order valence-corrected chi connectivity index (χ2v) is 11.9. The maximum absolute atomic E-state index is 12.8. The highest BCUT2D eigenvalue weighted by Crippen LogP contribution is 2.40. The molecule has 0 saturated carbocycles. The van der Waals surface area contributed by atoms with E-state index in [2.05, 4.69) is 19.2 Å². The van der Waals surface area contributed by atoms with Gasteiger partial charge in [-0.25, -0.2) is 4.79 Å². The van der Waals surface area contributed by atoms with Crippen molar-refractivity contribution in [2.24, 2.45) is 23.7 Å². The van der Waals surface area contributed by atoms with E-state index in [1.54, 1.807) is 46.1 Å². The minimum absolute atomic E-state index is 0.137. The van der Waals surface area contributed by atoms with E-state index in [-0.39, 0.29) is 17.8 Å². The van der Waals surface area contributed by atoms with E-state index in [9.17, 15) is 19.8 Å². The second-order valence-electron chi connectivity index (χ2n) is 11.9. The summed E-state index contributed by atoms with van der Waals surface area (Å²) in [5.74, 6) is -1.76. The zero-order valence-corrected chi connectivity index (χ0v) is 25.4. The lowest BCUT2D eigenvalue weighted by Crippen LogP contribution is -2.51. The number of nitrogens with one attached hydrogen (secondary N) is 1. The second kappa shape index (κ2) is 15.9. The van der Waals surface area contributed by atoms with E-state index in [0.29, 0.717) is 43.1 Å². The number of amides is 1. The SMILES string of the molecule is COCCCOc1cc(C([C@@H](C(=O)O)C(C)C)[C@H](O)[C@H](C[C@H](C)C(C)C)NC(=O)OC(C)(C)C)ccc1OC. The first-order valence-corrected chi connectivity index (χ1v) is 13.8. The van der Waals surface area contributed by atoms with Gasteiger partial charge in [0.25, 0.3) is 0 Å². The van der Waals surface area contributed by atoms with Gasteiger partial charge in [0.2, 0.25) is 0 Å². The molecule has 1 aromatic carbocycles. The molecule has 0 aliphatic heterocycles. The minimum Gasteiger partial charge on any atom is -0.493 e. The molecule has 0 aliphatic rings. The van der Waals surface area contributed by atoms with Gasteiger partial charge in [-0.1, -0.05) is 40.7 Å². The molecule has 1 aromatic rings. The quantitative estimate of drug-likeness (QED) is 0.230. The molecule has 0 heterocycles. The average molecular weight is 554 g/mol. The van der Waals surface area contributed by atoms with Gasteiger partial charge in [0.15, 0.2) is 11.5 Å². The number of aliphatic carboxylic acids is 1. The van der Waals surface area contributed by atoms with Crippen molar-refractivity contribution in [3.8, 4) is 11.5 Å². The number of ether oxygens (including phenoxy) is 4. The Bertz CT molecular complexity index is 895. The summed E-state index contributed by atoms with van der Waals surface area (Å²) in [4.78, 5) is 25.4. The van der Waals surface area contributed by atoms with Crippen molar-refractivity contribution in [2.45, 2.75) is 91.9 Å². The summed E-state index contributed by atoms with van der Waals surface area (Å²) >= 11 is 0. The van der Waals surface area contributed by atoms with E-state index in [1.165, 1.54) is 7.11 Å². The Balaban J connectivity index is 3.59. The van der Waals surface area contributed by atoms with Crippen LogP contribution in [-0.4, -0.2) is 67.5 Å². The number of rotatable bonds is 16. The lowest BCUT2D eigenvalue weighted by molar-refractivity contribution is -0.146. The molecule has 0 saturated heterocycles. The van der Waals surface area contributed by atoms with Crippen LogP contribution >= 0.6 is 0 Å². The van der Waals surface area contributed by atoms with Crippen LogP contribution in [0.25, 0.3) is 0 Å². The molecule has 0 fully saturated rings. The first kappa shape index (κ1) is 34.5. The highest BCUT2D eigenvalue weighted by Gasteiger charge is 2.42. The van der Waals surface area contributed by atoms with Gasteiger partial charge < -0.3 is 34.5 Å². The highest BCUT2D eigenvalue weighted by molar-refractivity contribution is 5.72. The Morgan fingerprint density at radius 3 is 2.10 bits per heavy atom. The number of hydrogen-bond donors (Lipinski definition) is 3. The van der Waals surface area contributed by atoms with Gasteiger partial charge in [-0.2, -0.15) is 0 Å². The molecule has 0 bridgehead atoms. The fourth-order valence-electron chi connectivity index (χ4n) is 4.53. The lowest BCUT2D eigenvalue weighted by atomic mass is 9.73. The van der Waals surface area contributed by atoms with Crippen molar-refractivity contribution in [2.75, 3.05) is 27.4 Å². The lowest BCUT2D eigenvalue weighted by Gasteiger charge is -2.37. The van der Waals surface area contributed by atoms with Gasteiger partial charge in [0.05, 0.1) is 31.8 Å². The van der Waals surface area contributed by atoms with Gasteiger partial charge in [0.1, 0.15) is 5.60 Å². The third-order valence-corrected chi connectivity index (χ3v) is 6.96. The van der Waals surface area contributed by atoms with Gasteiger partial charge in [-0.3, -0.25) is 4.79 Å². The van der Waals surface area contributed by atoms with Crippen LogP contribution in [0.3, 0.4) is 0 Å². The highest BCUT2D eigenvalue weighted by atomic mass is 16.6. The number of alkyl carbamates (subject to hydrolysis) is 1. The van der Waals surface area contributed by atoms with Crippen molar-refractivity contribution >= 4 is 12.1 Å². The summed E-state index contributed by atoms with van der Waals surface area (Å²) in [5.41, 5.74) is -0.144. The number of hydrogen-bond acceptors (Lipinski definition) is 7. The van der Waals surface area contributed by atoms with E-state index in [4.69, 9.17) is 18.9 Å². The molecule has 1 amide bonds. The molecule has 9 heteroatoms. The number of aliphatic hydroxyl groups excluding tert-OH is 1. The third-order valence-electron chi connectivity index (χ3n) is 6.96. The molecule has 3 N–H and O–H groups in total. The number of methoxy groups -OCH3 is 2. The number of aliphatic hydroxyl groups is 1. The van der Waals surface area contributed by atoms with E-state index in [1.807, 2.05) is 20.8 Å². The average Bonchev–Trinajstić information content (AvgIpc) is 2.82. The normalized spacial score (nSPS) is 15.8. The molecule has 9 nitrogen and oxygen atoms in total. The van der Waals surface area contributed by atoms with Crippen molar-refractivity contribution < 1.29 is 38.7 Å². The molecule has 0 aromatic heterocycles. The topological polar surface area (TPSA) is 124 Å². The van der Waals surface area contributed by atoms with Gasteiger partial charge in [0, 0.05) is 26.1 Å². The first-order chi connectivity index (χ1) is 18.1. The molecule has 39 heavy (non-hydrogen) atoms. The summed E-state index contributed by atoms with van der Waals surface area (Å²) in [7, 11) is 3.15. The van der Waals surface area contributed by atoms with E-state index >= 15 is 0 Å². The minimum atomic E-state index is -1.23. The van der Waals surface area contributed by atoms with Crippen molar-refractivity contribution in [1.82, 2.24) is 5.32 Å². The molecule has 0 radical (unpaired) electrons. The predicted molar refractivity (Wildman–Crippen MR) is 151 cm³/mol. The smallest absolute Gasteiger partial charge is 0.407 e. The van der Waals surface area contributed by atoms with Crippen molar-refractivity contribution in [1.29, 1.82) is 0 Å². The summed E-state index contributed by atoms with van der Waals surface area (Å²) in [6.45, 7) is 16.0. The van der Waals surface area contributed by atoms with Crippen LogP contribution < -0.4 is 14.8 Å². The summed E-state index contributed by atoms with van der Waals surface area (Å²) < 4.78 is 22.0. The molecule has 1 rings (SSSR count). The van der Waals surface area contributed by atoms with Gasteiger partial charge >= 0.3 is 12.1 Å². The van der Waals surface area contributed by atoms with Crippen LogP contribution in [0.15, 0.2) is 18.2 Å². The van der Waals surface area contributed by atoms with E-state index < -0.39 is 41.6 Å². The molecule has 5 atom stereocenters. The Morgan fingerprint density at radius 2 is 1.62 bits per heavy atom. The summed E-state index contributed by atoms with van der Waals surface area (Å²) in [5, 5.41) is 25.1. The monoisotopic (exact) mass is 553 g/mol. The molecule has 1 unspecified atom stereocenters. The molecule has 0 aliphatic carbocycles. The van der Waals surface area contributed by atoms with E-state index in [0.717, 1.165) is 0 Å². The molecular weight excluding hydrogens is 502 g/mol. The fraction of sp³-hybridized carbons (Fsp3) is 0.733. The fourth-order valence-corrected chi connectivity index (χ4v) is 4.53. The van der Waals surface area contributed by atoms with Crippen LogP contribution in [0, 0.1) is 23.7 Å². The van der Waals surface area contributed by atoms with Crippen molar-refractivity contribution in [3.63, 3.8) is 0 Å². The molecule has 224 valence electrons. The molecule has 0 spiro atoms. The maximum atomic E-state index is 12.8.